The summed E-state index contributed by atoms with van der Waals surface area (Å²) in [7, 11) is 7.13. The summed E-state index contributed by atoms with van der Waals surface area (Å²) in [5.41, 5.74) is 3.66. The summed E-state index contributed by atoms with van der Waals surface area (Å²) in [5, 5.41) is 3.94. The molecule has 0 aliphatic carbocycles. The Kier molecular flexibility index (Phi) is 8.01. The van der Waals surface area contributed by atoms with E-state index in [-0.39, 0.29) is 35.7 Å². The highest BCUT2D eigenvalue weighted by atomic mass is 16.5. The van der Waals surface area contributed by atoms with Gasteiger partial charge in [-0.05, 0) is 48.2 Å². The summed E-state index contributed by atoms with van der Waals surface area (Å²) in [6.45, 7) is 2.43. The van der Waals surface area contributed by atoms with Crippen LogP contribution in [0.25, 0.3) is 0 Å². The lowest BCUT2D eigenvalue weighted by Gasteiger charge is -2.57. The lowest BCUT2D eigenvalue weighted by molar-refractivity contribution is -0.143. The van der Waals surface area contributed by atoms with Crippen LogP contribution in [0.1, 0.15) is 29.0 Å². The van der Waals surface area contributed by atoms with E-state index in [4.69, 9.17) is 9.47 Å². The fourth-order valence-corrected chi connectivity index (χ4v) is 6.62. The van der Waals surface area contributed by atoms with E-state index < -0.39 is 0 Å². The van der Waals surface area contributed by atoms with Crippen molar-refractivity contribution in [3.8, 4) is 11.5 Å². The van der Waals surface area contributed by atoms with E-state index in [1.807, 2.05) is 32.3 Å². The van der Waals surface area contributed by atoms with Gasteiger partial charge in [0.25, 0.3) is 0 Å². The molecule has 3 aromatic carbocycles. The van der Waals surface area contributed by atoms with Crippen LogP contribution in [-0.4, -0.2) is 69.2 Å². The van der Waals surface area contributed by atoms with Crippen molar-refractivity contribution in [1.82, 2.24) is 15.1 Å². The molecule has 6 heteroatoms. The minimum atomic E-state index is -0.0214. The SMILES string of the molecule is COc1ccc(OC)c(CN[C@H]2[C@H]3CCN(C[C@@H]3C(=O)N(C)C)[C@@H]2C(c2ccccc2)c2ccccc2)c1. The van der Waals surface area contributed by atoms with Crippen molar-refractivity contribution in [2.45, 2.75) is 31.0 Å². The minimum Gasteiger partial charge on any atom is -0.497 e. The number of nitrogens with one attached hydrogen (secondary N) is 1. The summed E-state index contributed by atoms with van der Waals surface area (Å²) in [5.74, 6) is 2.26. The third kappa shape index (κ3) is 5.16. The van der Waals surface area contributed by atoms with E-state index in [9.17, 15) is 4.79 Å². The number of nitrogens with zero attached hydrogens (tertiary/aromatic N) is 2. The van der Waals surface area contributed by atoms with E-state index in [1.165, 1.54) is 11.1 Å². The number of benzene rings is 3. The normalized spacial score (nSPS) is 24.3. The van der Waals surface area contributed by atoms with Crippen molar-refractivity contribution in [3.05, 3.63) is 95.6 Å². The molecule has 1 N–H and O–H groups in total. The number of carbonyl (C=O) groups excluding carboxylic acids is 1. The van der Waals surface area contributed by atoms with Gasteiger partial charge in [-0.25, -0.2) is 0 Å². The molecule has 5 atom stereocenters. The predicted octanol–water partition coefficient (Wildman–Crippen LogP) is 4.40. The van der Waals surface area contributed by atoms with Gasteiger partial charge in [-0.1, -0.05) is 60.7 Å². The quantitative estimate of drug-likeness (QED) is 0.460. The molecule has 0 radical (unpaired) electrons. The van der Waals surface area contributed by atoms with E-state index in [0.29, 0.717) is 6.54 Å². The summed E-state index contributed by atoms with van der Waals surface area (Å²) in [6, 6.07) is 27.9. The Labute approximate surface area is 226 Å². The minimum absolute atomic E-state index is 0.0214. The van der Waals surface area contributed by atoms with Crippen LogP contribution in [0.5, 0.6) is 11.5 Å². The molecule has 1 amide bonds. The first-order valence-electron chi connectivity index (χ1n) is 13.5. The molecule has 3 saturated heterocycles. The van der Waals surface area contributed by atoms with Crippen LogP contribution in [0, 0.1) is 11.8 Å². The van der Waals surface area contributed by atoms with Crippen LogP contribution in [0.2, 0.25) is 0 Å². The lowest BCUT2D eigenvalue weighted by atomic mass is 9.66. The molecule has 0 aromatic heterocycles. The first-order valence-corrected chi connectivity index (χ1v) is 13.5. The van der Waals surface area contributed by atoms with E-state index in [0.717, 1.165) is 36.6 Å². The van der Waals surface area contributed by atoms with Gasteiger partial charge >= 0.3 is 0 Å². The van der Waals surface area contributed by atoms with Gasteiger partial charge in [-0.15, -0.1) is 0 Å². The Morgan fingerprint density at radius 1 is 0.974 bits per heavy atom. The lowest BCUT2D eigenvalue weighted by Crippen LogP contribution is -2.69. The summed E-state index contributed by atoms with van der Waals surface area (Å²) in [6.07, 6.45) is 1.00. The summed E-state index contributed by atoms with van der Waals surface area (Å²) in [4.78, 5) is 17.7. The fraction of sp³-hybridized carbons (Fsp3) is 0.406. The number of fused-ring (bicyclic) bond motifs is 3. The van der Waals surface area contributed by atoms with Gasteiger partial charge in [0.05, 0.1) is 20.1 Å². The van der Waals surface area contributed by atoms with Gasteiger partial charge in [0, 0.05) is 50.7 Å². The maximum absolute atomic E-state index is 13.3. The van der Waals surface area contributed by atoms with Gasteiger partial charge in [0.15, 0.2) is 0 Å². The van der Waals surface area contributed by atoms with Gasteiger partial charge in [0.1, 0.15) is 11.5 Å². The standard InChI is InChI=1S/C32H39N3O3/c1-34(2)32(36)27-21-35-18-17-26(27)30(33-20-24-19-25(37-3)15-16-28(24)38-4)31(35)29(22-11-7-5-8-12-22)23-13-9-6-10-14-23/h5-16,19,26-27,29-31,33H,17-18,20-21H2,1-4H3/t26-,27-,30-,31+/m0/s1. The second-order valence-corrected chi connectivity index (χ2v) is 10.7. The second-order valence-electron chi connectivity index (χ2n) is 10.7. The summed E-state index contributed by atoms with van der Waals surface area (Å²) < 4.78 is 11.2. The predicted molar refractivity (Wildman–Crippen MR) is 151 cm³/mol. The molecule has 1 unspecified atom stereocenters. The monoisotopic (exact) mass is 513 g/mol. The first-order chi connectivity index (χ1) is 18.5. The number of hydrogen-bond donors (Lipinski definition) is 1. The largest absolute Gasteiger partial charge is 0.497 e. The molecule has 3 aromatic rings. The Bertz CT molecular complexity index is 1180. The zero-order valence-corrected chi connectivity index (χ0v) is 22.8. The Balaban J connectivity index is 1.55. The molecule has 6 nitrogen and oxygen atoms in total. The van der Waals surface area contributed by atoms with Gasteiger partial charge in [0.2, 0.25) is 5.91 Å². The first kappa shape index (κ1) is 26.3. The van der Waals surface area contributed by atoms with E-state index in [2.05, 4.69) is 70.9 Å². The van der Waals surface area contributed by atoms with Crippen LogP contribution in [0.4, 0.5) is 0 Å². The van der Waals surface area contributed by atoms with Gasteiger partial charge < -0.3 is 19.7 Å². The number of hydrogen-bond acceptors (Lipinski definition) is 5. The highest BCUT2D eigenvalue weighted by Gasteiger charge is 2.52. The van der Waals surface area contributed by atoms with Crippen LogP contribution in [0.15, 0.2) is 78.9 Å². The molecule has 3 fully saturated rings. The molecule has 2 bridgehead atoms. The van der Waals surface area contributed by atoms with Crippen molar-refractivity contribution in [2.75, 3.05) is 41.4 Å². The number of ether oxygens (including phenoxy) is 2. The van der Waals surface area contributed by atoms with Crippen molar-refractivity contribution >= 4 is 5.91 Å². The topological polar surface area (TPSA) is 54.0 Å². The average molecular weight is 514 g/mol. The number of carbonyl (C=O) groups is 1. The zero-order chi connectivity index (χ0) is 26.6. The van der Waals surface area contributed by atoms with Crippen molar-refractivity contribution in [1.29, 1.82) is 0 Å². The Morgan fingerprint density at radius 2 is 1.63 bits per heavy atom. The maximum Gasteiger partial charge on any atom is 0.226 e. The van der Waals surface area contributed by atoms with Crippen LogP contribution in [-0.2, 0) is 11.3 Å². The van der Waals surface area contributed by atoms with Crippen molar-refractivity contribution in [3.63, 3.8) is 0 Å². The molecule has 0 spiro atoms. The molecule has 0 saturated carbocycles. The van der Waals surface area contributed by atoms with Crippen molar-refractivity contribution < 1.29 is 14.3 Å². The molecule has 3 heterocycles. The smallest absolute Gasteiger partial charge is 0.226 e. The van der Waals surface area contributed by atoms with E-state index in [1.54, 1.807) is 19.1 Å². The van der Waals surface area contributed by atoms with Crippen LogP contribution < -0.4 is 14.8 Å². The number of amides is 1. The molecule has 3 aliphatic rings. The highest BCUT2D eigenvalue weighted by molar-refractivity contribution is 5.79. The van der Waals surface area contributed by atoms with Crippen LogP contribution in [0.3, 0.4) is 0 Å². The van der Waals surface area contributed by atoms with Crippen LogP contribution >= 0.6 is 0 Å². The Morgan fingerprint density at radius 3 is 2.21 bits per heavy atom. The zero-order valence-electron chi connectivity index (χ0n) is 22.8. The number of piperidine rings is 3. The maximum atomic E-state index is 13.3. The molecule has 200 valence electrons. The second kappa shape index (κ2) is 11.6. The highest BCUT2D eigenvalue weighted by Crippen LogP contribution is 2.45. The van der Waals surface area contributed by atoms with Gasteiger partial charge in [-0.2, -0.15) is 0 Å². The average Bonchev–Trinajstić information content (AvgIpc) is 2.97. The fourth-order valence-electron chi connectivity index (χ4n) is 6.62. The number of rotatable bonds is 9. The summed E-state index contributed by atoms with van der Waals surface area (Å²) >= 11 is 0. The third-order valence-electron chi connectivity index (χ3n) is 8.38. The third-order valence-corrected chi connectivity index (χ3v) is 8.38. The van der Waals surface area contributed by atoms with Gasteiger partial charge in [-0.3, -0.25) is 9.69 Å². The molecular formula is C32H39N3O3. The number of methoxy groups -OCH3 is 2. The van der Waals surface area contributed by atoms with E-state index >= 15 is 0 Å². The molecule has 6 rings (SSSR count). The Hall–Kier alpha value is -3.35. The molecule has 3 aliphatic heterocycles. The molecular weight excluding hydrogens is 474 g/mol. The van der Waals surface area contributed by atoms with Crippen molar-refractivity contribution in [2.24, 2.45) is 11.8 Å². The molecule has 38 heavy (non-hydrogen) atoms.